The van der Waals surface area contributed by atoms with Crippen LogP contribution in [0.2, 0.25) is 0 Å². The quantitative estimate of drug-likeness (QED) is 0.129. The number of carbonyl (C=O) groups excluding carboxylic acids is 3. The molecule has 2 aromatic heterocycles. The van der Waals surface area contributed by atoms with E-state index < -0.39 is 11.6 Å². The van der Waals surface area contributed by atoms with Gasteiger partial charge in [0.05, 0.1) is 16.8 Å². The van der Waals surface area contributed by atoms with Crippen LogP contribution >= 0.6 is 11.3 Å². The lowest BCUT2D eigenvalue weighted by Crippen LogP contribution is -2.33. The fourth-order valence-electron chi connectivity index (χ4n) is 6.82. The fraction of sp³-hybridized carbons (Fsp3) is 0.267. The van der Waals surface area contributed by atoms with Crippen molar-refractivity contribution in [3.63, 3.8) is 0 Å². The van der Waals surface area contributed by atoms with Crippen molar-refractivity contribution in [3.05, 3.63) is 131 Å². The Morgan fingerprint density at radius 2 is 1.62 bits per heavy atom. The van der Waals surface area contributed by atoms with Crippen molar-refractivity contribution in [1.82, 2.24) is 9.97 Å². The molecule has 0 saturated heterocycles. The monoisotopic (exact) mass is 768 g/mol. The van der Waals surface area contributed by atoms with Crippen LogP contribution < -0.4 is 15.0 Å². The highest BCUT2D eigenvalue weighted by Gasteiger charge is 2.28. The molecule has 1 aliphatic heterocycles. The number of rotatable bonds is 11. The number of anilines is 2. The van der Waals surface area contributed by atoms with Gasteiger partial charge >= 0.3 is 11.9 Å². The van der Waals surface area contributed by atoms with E-state index >= 15 is 0 Å². The van der Waals surface area contributed by atoms with Crippen LogP contribution in [0.5, 0.6) is 11.5 Å². The van der Waals surface area contributed by atoms with Gasteiger partial charge in [-0.3, -0.25) is 14.9 Å². The van der Waals surface area contributed by atoms with Crippen LogP contribution in [0.4, 0.5) is 10.9 Å². The van der Waals surface area contributed by atoms with Crippen LogP contribution in [-0.2, 0) is 33.7 Å². The summed E-state index contributed by atoms with van der Waals surface area (Å²) in [6.07, 6.45) is 1.41. The van der Waals surface area contributed by atoms with E-state index in [1.54, 1.807) is 6.92 Å². The lowest BCUT2D eigenvalue weighted by Gasteiger charge is -2.31. The van der Waals surface area contributed by atoms with Gasteiger partial charge in [-0.25, -0.2) is 14.8 Å². The highest BCUT2D eigenvalue weighted by molar-refractivity contribution is 7.22. The molecule has 0 bridgehead atoms. The van der Waals surface area contributed by atoms with E-state index in [9.17, 15) is 14.4 Å². The molecule has 0 spiro atoms. The minimum absolute atomic E-state index is 0.181. The predicted molar refractivity (Wildman–Crippen MR) is 220 cm³/mol. The highest BCUT2D eigenvalue weighted by atomic mass is 32.1. The number of benzene rings is 4. The van der Waals surface area contributed by atoms with Crippen molar-refractivity contribution < 1.29 is 28.6 Å². The number of hydrogen-bond acceptors (Lipinski definition) is 10. The SMILES string of the molecule is CCOC(=O)CCc1ccccc1Oc1cccc(-c2ccc(N3CCc4cccc(C(=O)Nc5nc6ccccc6s5)c4C3)nc2C(=O)OC(C)(C)C)c1C. The summed E-state index contributed by atoms with van der Waals surface area (Å²) in [5, 5.41) is 3.56. The molecule has 56 heavy (non-hydrogen) atoms. The molecule has 0 saturated carbocycles. The zero-order valence-electron chi connectivity index (χ0n) is 32.2. The summed E-state index contributed by atoms with van der Waals surface area (Å²) in [4.78, 5) is 51.4. The second kappa shape index (κ2) is 16.3. The number of esters is 2. The summed E-state index contributed by atoms with van der Waals surface area (Å²) >= 11 is 1.44. The predicted octanol–water partition coefficient (Wildman–Crippen LogP) is 9.73. The maximum Gasteiger partial charge on any atom is 0.358 e. The van der Waals surface area contributed by atoms with E-state index in [2.05, 4.69) is 21.3 Å². The Morgan fingerprint density at radius 1 is 0.857 bits per heavy atom. The van der Waals surface area contributed by atoms with Crippen LogP contribution in [0.15, 0.2) is 97.1 Å². The highest BCUT2D eigenvalue weighted by Crippen LogP contribution is 2.37. The van der Waals surface area contributed by atoms with Gasteiger partial charge in [0.1, 0.15) is 22.9 Å². The molecule has 0 aliphatic carbocycles. The molecule has 286 valence electrons. The summed E-state index contributed by atoms with van der Waals surface area (Å²) in [6.45, 7) is 10.6. The zero-order valence-corrected chi connectivity index (χ0v) is 33.0. The zero-order chi connectivity index (χ0) is 39.4. The molecule has 3 heterocycles. The summed E-state index contributed by atoms with van der Waals surface area (Å²) in [6, 6.07) is 30.7. The van der Waals surface area contributed by atoms with E-state index in [1.807, 2.05) is 119 Å². The van der Waals surface area contributed by atoms with Gasteiger partial charge in [0.25, 0.3) is 5.91 Å². The molecule has 6 aromatic rings. The molecule has 0 radical (unpaired) electrons. The summed E-state index contributed by atoms with van der Waals surface area (Å²) in [5.41, 5.74) is 5.91. The normalized spacial score (nSPS) is 12.6. The average molecular weight is 769 g/mol. The molecule has 0 fully saturated rings. The second-order valence-electron chi connectivity index (χ2n) is 14.6. The molecule has 1 amide bonds. The molecule has 1 N–H and O–H groups in total. The third-order valence-electron chi connectivity index (χ3n) is 9.50. The average Bonchev–Trinajstić information content (AvgIpc) is 3.59. The Kier molecular flexibility index (Phi) is 11.2. The van der Waals surface area contributed by atoms with E-state index in [4.69, 9.17) is 19.2 Å². The summed E-state index contributed by atoms with van der Waals surface area (Å²) in [5.74, 6) is 0.817. The Balaban J connectivity index is 1.18. The van der Waals surface area contributed by atoms with Gasteiger partial charge in [0.15, 0.2) is 10.8 Å². The number of nitrogens with one attached hydrogen (secondary N) is 1. The number of carbonyl (C=O) groups is 3. The van der Waals surface area contributed by atoms with Gasteiger partial charge in [-0.15, -0.1) is 0 Å². The maximum absolute atomic E-state index is 13.9. The van der Waals surface area contributed by atoms with Crippen molar-refractivity contribution in [3.8, 4) is 22.6 Å². The van der Waals surface area contributed by atoms with Crippen LogP contribution in [-0.4, -0.2) is 46.6 Å². The number of para-hydroxylation sites is 2. The second-order valence-corrected chi connectivity index (χ2v) is 15.6. The first kappa shape index (κ1) is 38.2. The molecule has 0 atom stereocenters. The molecule has 1 aliphatic rings. The third kappa shape index (κ3) is 8.58. The Morgan fingerprint density at radius 3 is 2.43 bits per heavy atom. The van der Waals surface area contributed by atoms with Gasteiger partial charge < -0.3 is 19.1 Å². The minimum atomic E-state index is -0.755. The van der Waals surface area contributed by atoms with Crippen LogP contribution in [0, 0.1) is 6.92 Å². The topological polar surface area (TPSA) is 120 Å². The van der Waals surface area contributed by atoms with Crippen molar-refractivity contribution in [2.45, 2.75) is 66.0 Å². The van der Waals surface area contributed by atoms with Gasteiger partial charge in [-0.2, -0.15) is 0 Å². The molecular weight excluding hydrogens is 725 g/mol. The lowest BCUT2D eigenvalue weighted by atomic mass is 9.94. The van der Waals surface area contributed by atoms with Crippen molar-refractivity contribution in [2.24, 2.45) is 0 Å². The maximum atomic E-state index is 13.9. The molecule has 4 aromatic carbocycles. The van der Waals surface area contributed by atoms with Crippen molar-refractivity contribution in [2.75, 3.05) is 23.4 Å². The third-order valence-corrected chi connectivity index (χ3v) is 10.5. The molecule has 10 nitrogen and oxygen atoms in total. The number of ether oxygens (including phenoxy) is 3. The fourth-order valence-corrected chi connectivity index (χ4v) is 7.68. The number of aryl methyl sites for hydroxylation is 1. The standard InChI is InChI=1S/C45H44N4O6S/c1-6-53-40(50)24-21-30-13-7-9-18-37(30)54-36-19-12-15-31(28(36)2)32-22-23-39(47-41(32)43(52)55-45(3,4)5)49-26-25-29-14-11-16-33(34(29)27-49)42(51)48-44-46-35-17-8-10-20-38(35)56-44/h7-20,22-23H,6,21,24-27H2,1-5H3,(H,46,48,51). The van der Waals surface area contributed by atoms with Gasteiger partial charge in [-0.1, -0.05) is 65.9 Å². The van der Waals surface area contributed by atoms with Gasteiger partial charge in [0, 0.05) is 30.6 Å². The number of aromatic nitrogens is 2. The largest absolute Gasteiger partial charge is 0.466 e. The van der Waals surface area contributed by atoms with E-state index in [-0.39, 0.29) is 24.0 Å². The summed E-state index contributed by atoms with van der Waals surface area (Å²) < 4.78 is 18.5. The van der Waals surface area contributed by atoms with Gasteiger partial charge in [0.2, 0.25) is 0 Å². The number of pyridine rings is 1. The number of nitrogens with zero attached hydrogens (tertiary/aromatic N) is 3. The summed E-state index contributed by atoms with van der Waals surface area (Å²) in [7, 11) is 0. The molecular formula is C45H44N4O6S. The van der Waals surface area contributed by atoms with Crippen molar-refractivity contribution in [1.29, 1.82) is 0 Å². The number of hydrogen-bond donors (Lipinski definition) is 1. The molecule has 0 unspecified atom stereocenters. The van der Waals surface area contributed by atoms with E-state index in [1.165, 1.54) is 11.3 Å². The molecule has 7 rings (SSSR count). The lowest BCUT2D eigenvalue weighted by molar-refractivity contribution is -0.143. The van der Waals surface area contributed by atoms with Crippen LogP contribution in [0.3, 0.4) is 0 Å². The van der Waals surface area contributed by atoms with E-state index in [0.29, 0.717) is 66.1 Å². The van der Waals surface area contributed by atoms with Crippen molar-refractivity contribution >= 4 is 50.3 Å². The Bertz CT molecular complexity index is 2400. The first-order chi connectivity index (χ1) is 27.0. The van der Waals surface area contributed by atoms with Gasteiger partial charge in [-0.05, 0) is 118 Å². The first-order valence-electron chi connectivity index (χ1n) is 18.8. The minimum Gasteiger partial charge on any atom is -0.466 e. The smallest absolute Gasteiger partial charge is 0.358 e. The Hall–Kier alpha value is -6.07. The van der Waals surface area contributed by atoms with Crippen LogP contribution in [0.1, 0.15) is 77.2 Å². The number of thiazole rings is 1. The Labute approximate surface area is 330 Å². The number of fused-ring (bicyclic) bond motifs is 2. The van der Waals surface area contributed by atoms with E-state index in [0.717, 1.165) is 38.0 Å². The number of amides is 1. The van der Waals surface area contributed by atoms with Crippen LogP contribution in [0.25, 0.3) is 21.3 Å². The molecule has 11 heteroatoms. The first-order valence-corrected chi connectivity index (χ1v) is 19.6.